The van der Waals surface area contributed by atoms with Gasteiger partial charge < -0.3 is 107 Å². The molecule has 6 rings (SSSR count). The molecule has 5 N–H and O–H groups in total. The number of alkyl halides is 6. The second kappa shape index (κ2) is 33.7. The van der Waals surface area contributed by atoms with Crippen molar-refractivity contribution in [3.05, 3.63) is 0 Å². The Hall–Kier alpha value is -1.02. The van der Waals surface area contributed by atoms with Gasteiger partial charge >= 0.3 is 64.5 Å². The Kier molecular flexibility index (Phi) is 31.7. The van der Waals surface area contributed by atoms with Crippen LogP contribution in [0.25, 0.3) is 0 Å². The summed E-state index contributed by atoms with van der Waals surface area (Å²) in [6.45, 7) is 6.72. The van der Waals surface area contributed by atoms with Crippen molar-refractivity contribution in [1.29, 1.82) is 0 Å². The van der Waals surface area contributed by atoms with E-state index in [9.17, 15) is 47.8 Å². The minimum absolute atomic E-state index is 0. The van der Waals surface area contributed by atoms with Crippen LogP contribution in [-0.2, 0) is 111 Å². The van der Waals surface area contributed by atoms with Crippen LogP contribution in [0, 0.1) is 0 Å². The predicted octanol–water partition coefficient (Wildman–Crippen LogP) is -5.13. The van der Waals surface area contributed by atoms with Crippen LogP contribution in [0.3, 0.4) is 0 Å². The maximum atomic E-state index is 12.5. The molecule has 0 aromatic carbocycles. The van der Waals surface area contributed by atoms with E-state index in [2.05, 4.69) is 14.8 Å². The molecule has 0 bridgehead atoms. The molecular formula is C41H60Cl6N2NaO31S2-. The minimum Gasteiger partial charge on any atom is -0.853 e. The van der Waals surface area contributed by atoms with Crippen molar-refractivity contribution in [2.75, 3.05) is 47.8 Å². The van der Waals surface area contributed by atoms with Crippen molar-refractivity contribution in [2.45, 2.75) is 183 Å². The fourth-order valence-electron chi connectivity index (χ4n) is 8.78. The molecule has 20 atom stereocenters. The summed E-state index contributed by atoms with van der Waals surface area (Å²) in [6.07, 6.45) is -23.0. The first-order chi connectivity index (χ1) is 37.8. The van der Waals surface area contributed by atoms with Gasteiger partial charge in [-0.2, -0.15) is 9.59 Å². The summed E-state index contributed by atoms with van der Waals surface area (Å²) in [5.41, 5.74) is 0. The third-order valence-electron chi connectivity index (χ3n) is 11.9. The summed E-state index contributed by atoms with van der Waals surface area (Å²) in [7, 11) is -4.42. The number of ether oxygens (including phenoxy) is 15. The van der Waals surface area contributed by atoms with E-state index < -0.39 is 207 Å². The number of hydrogen-bond donors (Lipinski definition) is 5. The molecule has 2 amide bonds. The second-order valence-electron chi connectivity index (χ2n) is 18.7. The maximum Gasteiger partial charge on any atom is 1.00 e. The van der Waals surface area contributed by atoms with Gasteiger partial charge in [-0.25, -0.2) is 22.8 Å². The molecule has 0 aromatic rings. The maximum absolute atomic E-state index is 12.5. The molecule has 0 aliphatic carbocycles. The molecule has 0 radical (unpaired) electrons. The van der Waals surface area contributed by atoms with E-state index in [-0.39, 0.29) is 35.7 Å². The zero-order valence-corrected chi connectivity index (χ0v) is 53.4. The fraction of sp³-hybridized carbons (Fsp3) is 0.902. The number of alkyl carbamates (subject to hydrolysis) is 2. The van der Waals surface area contributed by atoms with E-state index in [0.717, 1.165) is 0 Å². The third-order valence-corrected chi connectivity index (χ3v) is 13.0. The number of fused-ring (bicyclic) bond motifs is 2. The number of carbonyl (C=O) groups excluding carboxylic acids is 5. The van der Waals surface area contributed by atoms with Crippen LogP contribution in [0.2, 0.25) is 0 Å². The zero-order valence-electron chi connectivity index (χ0n) is 45.2. The van der Waals surface area contributed by atoms with Gasteiger partial charge in [-0.3, -0.25) is 4.18 Å². The molecule has 6 heterocycles. The van der Waals surface area contributed by atoms with Crippen LogP contribution in [-0.4, -0.2) is 255 Å². The van der Waals surface area contributed by atoms with Gasteiger partial charge in [0.2, 0.25) is 18.0 Å². The second-order valence-corrected chi connectivity index (χ2v) is 25.2. The number of aliphatic hydroxyl groups is 3. The Morgan fingerprint density at radius 2 is 1.08 bits per heavy atom. The van der Waals surface area contributed by atoms with Gasteiger partial charge in [0, 0.05) is 14.2 Å². The van der Waals surface area contributed by atoms with Crippen LogP contribution in [0.5, 0.6) is 0 Å². The Morgan fingerprint density at radius 1 is 0.651 bits per heavy atom. The quantitative estimate of drug-likeness (QED) is 0.0256. The normalized spacial score (nSPS) is 36.0. The van der Waals surface area contributed by atoms with Crippen molar-refractivity contribution < 1.29 is 175 Å². The van der Waals surface area contributed by atoms with Gasteiger partial charge in [-0.05, 0) is 41.5 Å². The molecule has 0 saturated carbocycles. The average molecular weight is 1380 g/mol. The molecule has 6 aliphatic heterocycles. The first-order valence-corrected chi connectivity index (χ1v) is 28.1. The molecule has 476 valence electrons. The Balaban J connectivity index is 0.000000504. The molecule has 8 unspecified atom stereocenters. The first kappa shape index (κ1) is 78.1. The van der Waals surface area contributed by atoms with E-state index in [1.54, 1.807) is 34.6 Å². The Morgan fingerprint density at radius 3 is 1.53 bits per heavy atom. The number of methoxy groups -OCH3 is 3. The van der Waals surface area contributed by atoms with Gasteiger partial charge in [0.15, 0.2) is 36.5 Å². The van der Waals surface area contributed by atoms with Gasteiger partial charge in [-0.15, -0.1) is 19.2 Å². The largest absolute Gasteiger partial charge is 1.00 e. The molecule has 6 aliphatic rings. The van der Waals surface area contributed by atoms with Gasteiger partial charge in [-0.1, -0.05) is 69.6 Å². The summed E-state index contributed by atoms with van der Waals surface area (Å²) in [5.74, 6) is -2.99. The van der Waals surface area contributed by atoms with Crippen LogP contribution in [0.1, 0.15) is 41.5 Å². The van der Waals surface area contributed by atoms with Crippen LogP contribution in [0.15, 0.2) is 0 Å². The molecule has 33 nitrogen and oxygen atoms in total. The van der Waals surface area contributed by atoms with Gasteiger partial charge in [0.25, 0.3) is 0 Å². The van der Waals surface area contributed by atoms with Crippen molar-refractivity contribution in [3.8, 4) is 0 Å². The number of esters is 1. The summed E-state index contributed by atoms with van der Waals surface area (Å²) in [6, 6.07) is -2.40. The van der Waals surface area contributed by atoms with Crippen LogP contribution in [0.4, 0.5) is 9.59 Å². The number of rotatable bonds is 15. The smallest absolute Gasteiger partial charge is 0.853 e. The molecule has 0 aromatic heterocycles. The molecule has 6 saturated heterocycles. The van der Waals surface area contributed by atoms with E-state index in [1.165, 1.54) is 28.3 Å². The molecule has 0 spiro atoms. The monoisotopic (exact) mass is 1370 g/mol. The fourth-order valence-corrected chi connectivity index (χ4v) is 9.41. The first-order valence-electron chi connectivity index (χ1n) is 23.5. The van der Waals surface area contributed by atoms with E-state index in [1.807, 2.05) is 0 Å². The number of hydrogen-bond acceptors (Lipinski definition) is 31. The summed E-state index contributed by atoms with van der Waals surface area (Å²) < 4.78 is 143. The molecule has 6 fully saturated rings. The van der Waals surface area contributed by atoms with E-state index in [0.29, 0.717) is 0 Å². The number of amides is 2. The predicted molar refractivity (Wildman–Crippen MR) is 264 cm³/mol. The summed E-state index contributed by atoms with van der Waals surface area (Å²) >= 11 is 33.7. The number of carbonyl (C=O) groups is 3. The van der Waals surface area contributed by atoms with Gasteiger partial charge in [0.1, 0.15) is 86.4 Å². The molecule has 83 heavy (non-hydrogen) atoms. The third kappa shape index (κ3) is 24.0. The van der Waals surface area contributed by atoms with E-state index in [4.69, 9.17) is 163 Å². The number of aliphatic hydroxyl groups excluding tert-OH is 3. The Bertz CT molecular complexity index is 2360. The minimum atomic E-state index is -5.10. The topological polar surface area (TPSA) is 449 Å². The zero-order chi connectivity index (χ0) is 62.6. The van der Waals surface area contributed by atoms with Crippen molar-refractivity contribution in [1.82, 2.24) is 10.6 Å². The summed E-state index contributed by atoms with van der Waals surface area (Å²) in [4.78, 5) is 53.6. The SMILES string of the molecule is CC1O[C@@H](O[C@@H]2C(NC(=O)OCC(Cl)(Cl)Cl)[C@H](C)OC(COS(=O)(=O)[O-])[C@@H]2O)C2OC(C)(C)O[C@H]2[C@@H]1O.COC(=O)C1O[C@@H](O[C@@H]2C(NC(=O)OCC(Cl)(Cl)Cl)[C@H](OC)OC(C[O-])[C@@H]2O)C2OC(C)(C)O[C@H]2[C@@H]1OC.O=C=O.O=S(=O)=O.[Na+]. The standard InChI is InChI=1S/C21H31Cl3NO13.C19H30Cl3NO13S.CO2.Na.O3S/c1-20(2)37-13-12(30-3)14(16(28)31-4)36-18(15(13)38-20)35-11-9(25-19(29)33-7-21(22,23)24)17(32-5)34-8(6-26)10(11)27;1-7-10(23-17(26)30-6-19(20,21)22)13(12(25)9(32-7)5-31-37(27,28)29)34-16-15-14(11(24)8(2)33-16)35-18(3,4)36-15;2-1-3;;1-4(2)3/h8-15,17-18,27H,6-7H2,1-5H3,(H,25,29);7-16,24-25H,5-6H2,1-4H3,(H,23,26)(H,27,28,29);;;/q-1;;;+1;/p-1/t8?,9?,10-,11+,12-,13-,14?,15?,17+,18+;7-,8?,9?,10?,11+,12-,13+,14-,15?,16-;;;/m00.../s1. The average Bonchev–Trinajstić information content (AvgIpc) is 4.12. The van der Waals surface area contributed by atoms with Crippen molar-refractivity contribution in [3.63, 3.8) is 0 Å². The summed E-state index contributed by atoms with van der Waals surface area (Å²) in [5, 5.41) is 49.2. The van der Waals surface area contributed by atoms with Gasteiger partial charge in [0.05, 0.1) is 38.1 Å². The van der Waals surface area contributed by atoms with Crippen LogP contribution >= 0.6 is 69.6 Å². The molecule has 42 heteroatoms. The van der Waals surface area contributed by atoms with E-state index >= 15 is 0 Å². The van der Waals surface area contributed by atoms with Crippen molar-refractivity contribution >= 4 is 115 Å². The Labute approximate surface area is 527 Å². The number of nitrogens with one attached hydrogen (secondary N) is 2. The van der Waals surface area contributed by atoms with Crippen molar-refractivity contribution in [2.24, 2.45) is 0 Å². The number of halogens is 6. The van der Waals surface area contributed by atoms with Crippen LogP contribution < -0.4 is 45.3 Å². The molecular weight excluding hydrogens is 1320 g/mol.